The highest BCUT2D eigenvalue weighted by atomic mass is 127. The van der Waals surface area contributed by atoms with Crippen LogP contribution >= 0.6 is 22.6 Å². The van der Waals surface area contributed by atoms with Crippen molar-refractivity contribution in [2.75, 3.05) is 14.2 Å². The molecule has 0 aromatic heterocycles. The highest BCUT2D eigenvalue weighted by molar-refractivity contribution is 14.1. The molecule has 0 saturated heterocycles. The second-order valence-electron chi connectivity index (χ2n) is 4.60. The van der Waals surface area contributed by atoms with Gasteiger partial charge in [0.25, 0.3) is 0 Å². The Bertz CT molecular complexity index is 828. The summed E-state index contributed by atoms with van der Waals surface area (Å²) >= 11 is 2.16. The molecule has 0 aliphatic rings. The predicted octanol–water partition coefficient (Wildman–Crippen LogP) is 4.24. The van der Waals surface area contributed by atoms with Crippen LogP contribution in [0.15, 0.2) is 36.4 Å². The molecule has 0 fully saturated rings. The second-order valence-corrected chi connectivity index (χ2v) is 5.76. The van der Waals surface area contributed by atoms with Crippen LogP contribution in [0.5, 0.6) is 11.5 Å². The summed E-state index contributed by atoms with van der Waals surface area (Å²) in [6, 6.07) is 14.9. The summed E-state index contributed by atoms with van der Waals surface area (Å²) in [4.78, 5) is 0. The quantitative estimate of drug-likeness (QED) is 0.425. The van der Waals surface area contributed by atoms with Crippen LogP contribution in [-0.4, -0.2) is 14.2 Å². The summed E-state index contributed by atoms with van der Waals surface area (Å²) < 4.78 is 11.5. The second kappa shape index (κ2) is 7.66. The van der Waals surface area contributed by atoms with E-state index in [9.17, 15) is 5.26 Å². The van der Waals surface area contributed by atoms with Crippen LogP contribution in [0.3, 0.4) is 0 Å². The van der Waals surface area contributed by atoms with Gasteiger partial charge in [-0.2, -0.15) is 10.5 Å². The first-order valence-electron chi connectivity index (χ1n) is 6.66. The zero-order chi connectivity index (χ0) is 16.8. The third kappa shape index (κ3) is 3.82. The van der Waals surface area contributed by atoms with Gasteiger partial charge in [-0.15, -0.1) is 0 Å². The number of nitrogens with zero attached hydrogens (tertiary/aromatic N) is 2. The monoisotopic (exact) mass is 416 g/mol. The van der Waals surface area contributed by atoms with Gasteiger partial charge in [0.2, 0.25) is 0 Å². The molecule has 2 rings (SSSR count). The summed E-state index contributed by atoms with van der Waals surface area (Å²) in [7, 11) is 3.17. The number of nitriles is 2. The molecule has 114 valence electrons. The van der Waals surface area contributed by atoms with E-state index in [1.807, 2.05) is 12.1 Å². The number of rotatable bonds is 4. The Kier molecular flexibility index (Phi) is 5.61. The van der Waals surface area contributed by atoms with Crippen molar-refractivity contribution in [1.29, 1.82) is 10.5 Å². The molecular formula is C18H13IN2O2. The van der Waals surface area contributed by atoms with E-state index < -0.39 is 0 Å². The Labute approximate surface area is 148 Å². The van der Waals surface area contributed by atoms with Crippen molar-refractivity contribution in [2.24, 2.45) is 0 Å². The van der Waals surface area contributed by atoms with Crippen molar-refractivity contribution < 1.29 is 9.47 Å². The molecule has 0 saturated carbocycles. The normalized spacial score (nSPS) is 10.6. The van der Waals surface area contributed by atoms with Gasteiger partial charge < -0.3 is 9.47 Å². The van der Waals surface area contributed by atoms with Crippen LogP contribution in [0.4, 0.5) is 0 Å². The largest absolute Gasteiger partial charge is 0.493 e. The van der Waals surface area contributed by atoms with Crippen molar-refractivity contribution in [3.8, 4) is 23.6 Å². The van der Waals surface area contributed by atoms with Crippen molar-refractivity contribution in [3.63, 3.8) is 0 Å². The van der Waals surface area contributed by atoms with Crippen molar-refractivity contribution in [1.82, 2.24) is 0 Å². The zero-order valence-corrected chi connectivity index (χ0v) is 14.8. The molecule has 0 unspecified atom stereocenters. The van der Waals surface area contributed by atoms with E-state index in [-0.39, 0.29) is 0 Å². The number of methoxy groups -OCH3 is 2. The smallest absolute Gasteiger partial charge is 0.174 e. The highest BCUT2D eigenvalue weighted by Crippen LogP contribution is 2.34. The van der Waals surface area contributed by atoms with Crippen molar-refractivity contribution in [2.45, 2.75) is 0 Å². The number of benzene rings is 2. The fraction of sp³-hybridized carbons (Fsp3) is 0.111. The molecule has 5 heteroatoms. The minimum absolute atomic E-state index is 0.512. The van der Waals surface area contributed by atoms with Gasteiger partial charge in [-0.3, -0.25) is 0 Å². The summed E-state index contributed by atoms with van der Waals surface area (Å²) in [5.74, 6) is 1.28. The minimum atomic E-state index is 0.512. The fourth-order valence-electron chi connectivity index (χ4n) is 2.09. The van der Waals surface area contributed by atoms with Gasteiger partial charge in [-0.25, -0.2) is 0 Å². The lowest BCUT2D eigenvalue weighted by molar-refractivity contribution is 0.353. The van der Waals surface area contributed by atoms with E-state index in [1.165, 1.54) is 0 Å². The minimum Gasteiger partial charge on any atom is -0.493 e. The Balaban J connectivity index is 2.48. The highest BCUT2D eigenvalue weighted by Gasteiger charge is 2.10. The van der Waals surface area contributed by atoms with Gasteiger partial charge in [0.15, 0.2) is 11.5 Å². The van der Waals surface area contributed by atoms with E-state index in [2.05, 4.69) is 34.7 Å². The summed E-state index contributed by atoms with van der Waals surface area (Å²) in [6.45, 7) is 0. The maximum absolute atomic E-state index is 9.42. The molecule has 0 spiro atoms. The third-order valence-electron chi connectivity index (χ3n) is 3.21. The standard InChI is InChI=1S/C18H13IN2O2/c1-22-17-9-13(8-16(19)18(17)23-2)7-15(11-21)14-5-3-12(10-20)4-6-14/h3-9H,1-2H3/b15-7-. The third-order valence-corrected chi connectivity index (χ3v) is 4.01. The molecule has 4 nitrogen and oxygen atoms in total. The average molecular weight is 416 g/mol. The number of ether oxygens (including phenoxy) is 2. The maximum Gasteiger partial charge on any atom is 0.174 e. The Morgan fingerprint density at radius 3 is 2.30 bits per heavy atom. The SMILES string of the molecule is COc1cc(/C=C(/C#N)c2ccc(C#N)cc2)cc(I)c1OC. The molecular weight excluding hydrogens is 403 g/mol. The lowest BCUT2D eigenvalue weighted by Gasteiger charge is -2.10. The van der Waals surface area contributed by atoms with Gasteiger partial charge in [-0.05, 0) is 64.1 Å². The molecule has 23 heavy (non-hydrogen) atoms. The first-order chi connectivity index (χ1) is 11.1. The van der Waals surface area contributed by atoms with E-state index >= 15 is 0 Å². The predicted molar refractivity (Wildman–Crippen MR) is 96.9 cm³/mol. The topological polar surface area (TPSA) is 66.0 Å². The Morgan fingerprint density at radius 1 is 1.09 bits per heavy atom. The van der Waals surface area contributed by atoms with Gasteiger partial charge >= 0.3 is 0 Å². The van der Waals surface area contributed by atoms with Gasteiger partial charge in [0.05, 0.1) is 41.1 Å². The molecule has 0 bridgehead atoms. The Morgan fingerprint density at radius 2 is 1.78 bits per heavy atom. The zero-order valence-electron chi connectivity index (χ0n) is 12.6. The van der Waals surface area contributed by atoms with Crippen LogP contribution in [0.2, 0.25) is 0 Å². The van der Waals surface area contributed by atoms with Gasteiger partial charge in [0.1, 0.15) is 0 Å². The number of halogens is 1. The number of allylic oxidation sites excluding steroid dienone is 1. The first-order valence-corrected chi connectivity index (χ1v) is 7.74. The first kappa shape index (κ1) is 16.9. The van der Waals surface area contributed by atoms with Crippen molar-refractivity contribution in [3.05, 3.63) is 56.7 Å². The Hall–Kier alpha value is -2.51. The fourth-order valence-corrected chi connectivity index (χ4v) is 2.94. The number of hydrogen-bond acceptors (Lipinski definition) is 4. The van der Waals surface area contributed by atoms with E-state index in [4.69, 9.17) is 14.7 Å². The number of hydrogen-bond donors (Lipinski definition) is 0. The summed E-state index contributed by atoms with van der Waals surface area (Å²) in [6.07, 6.45) is 1.78. The van der Waals surface area contributed by atoms with Crippen molar-refractivity contribution >= 4 is 34.2 Å². The van der Waals surface area contributed by atoms with Gasteiger partial charge in [-0.1, -0.05) is 12.1 Å². The molecule has 0 aliphatic carbocycles. The molecule has 0 heterocycles. The van der Waals surface area contributed by atoms with Crippen LogP contribution in [0, 0.1) is 26.2 Å². The van der Waals surface area contributed by atoms with Crippen LogP contribution in [0.25, 0.3) is 11.6 Å². The van der Waals surface area contributed by atoms with Gasteiger partial charge in [0, 0.05) is 0 Å². The molecule has 0 aliphatic heterocycles. The van der Waals surface area contributed by atoms with Crippen LogP contribution < -0.4 is 9.47 Å². The molecule has 2 aromatic carbocycles. The molecule has 0 atom stereocenters. The van der Waals surface area contributed by atoms with E-state index in [1.54, 1.807) is 44.6 Å². The molecule has 2 aromatic rings. The summed E-state index contributed by atoms with van der Waals surface area (Å²) in [5.41, 5.74) is 2.67. The van der Waals surface area contributed by atoms with E-state index in [0.717, 1.165) is 14.7 Å². The van der Waals surface area contributed by atoms with Crippen LogP contribution in [0.1, 0.15) is 16.7 Å². The average Bonchev–Trinajstić information content (AvgIpc) is 2.59. The molecule has 0 radical (unpaired) electrons. The molecule has 0 amide bonds. The molecule has 0 N–H and O–H groups in total. The van der Waals surface area contributed by atoms with Crippen LogP contribution in [-0.2, 0) is 0 Å². The lowest BCUT2D eigenvalue weighted by Crippen LogP contribution is -1.94. The summed E-state index contributed by atoms with van der Waals surface area (Å²) in [5, 5.41) is 18.3. The maximum atomic E-state index is 9.42. The van der Waals surface area contributed by atoms with E-state index in [0.29, 0.717) is 22.6 Å². The lowest BCUT2D eigenvalue weighted by atomic mass is 10.0.